The zero-order chi connectivity index (χ0) is 21.7. The molecule has 0 unspecified atom stereocenters. The fourth-order valence-corrected chi connectivity index (χ4v) is 3.64. The summed E-state index contributed by atoms with van der Waals surface area (Å²) in [6.45, 7) is 1.77. The number of nitro benzene ring substituents is 1. The smallest absolute Gasteiger partial charge is 0.295 e. The van der Waals surface area contributed by atoms with Gasteiger partial charge in [0, 0.05) is 6.07 Å². The molecule has 0 amide bonds. The summed E-state index contributed by atoms with van der Waals surface area (Å²) in [7, 11) is -2.69. The van der Waals surface area contributed by atoms with Crippen LogP contribution in [0.5, 0.6) is 5.75 Å². The van der Waals surface area contributed by atoms with Crippen molar-refractivity contribution < 1.29 is 22.5 Å². The van der Waals surface area contributed by atoms with Crippen LogP contribution in [0.2, 0.25) is 0 Å². The van der Waals surface area contributed by atoms with Gasteiger partial charge in [-0.2, -0.15) is 5.10 Å². The Labute approximate surface area is 172 Å². The number of anilines is 2. The third-order valence-corrected chi connectivity index (χ3v) is 5.33. The molecule has 0 fully saturated rings. The van der Waals surface area contributed by atoms with Crippen molar-refractivity contribution in [2.45, 2.75) is 11.8 Å². The van der Waals surface area contributed by atoms with Gasteiger partial charge in [0.25, 0.3) is 15.7 Å². The minimum absolute atomic E-state index is 0.0239. The normalized spacial score (nSPS) is 11.4. The summed E-state index contributed by atoms with van der Waals surface area (Å²) in [5.41, 5.74) is 2.31. The predicted octanol–water partition coefficient (Wildman–Crippen LogP) is 3.75. The van der Waals surface area contributed by atoms with Crippen molar-refractivity contribution in [3.8, 4) is 5.75 Å². The molecule has 0 bridgehead atoms. The molecule has 3 aromatic rings. The number of nitrogens with zero attached hydrogens (tertiary/aromatic N) is 2. The Kier molecular flexibility index (Phi) is 6.02. The van der Waals surface area contributed by atoms with Gasteiger partial charge in [0.1, 0.15) is 23.0 Å². The van der Waals surface area contributed by atoms with Gasteiger partial charge in [-0.3, -0.25) is 20.3 Å². The molecular weight excluding hydrogens is 412 g/mol. The summed E-state index contributed by atoms with van der Waals surface area (Å²) in [5.74, 6) is 1.47. The van der Waals surface area contributed by atoms with Crippen molar-refractivity contribution in [3.63, 3.8) is 0 Å². The Morgan fingerprint density at radius 1 is 1.13 bits per heavy atom. The first-order valence-corrected chi connectivity index (χ1v) is 10.1. The van der Waals surface area contributed by atoms with E-state index in [1.165, 1.54) is 31.5 Å². The van der Waals surface area contributed by atoms with Gasteiger partial charge in [-0.05, 0) is 43.3 Å². The second-order valence-corrected chi connectivity index (χ2v) is 7.74. The fourth-order valence-electron chi connectivity index (χ4n) is 2.55. The Hall–Kier alpha value is -3.86. The van der Waals surface area contributed by atoms with Crippen LogP contribution in [0.25, 0.3) is 0 Å². The monoisotopic (exact) mass is 430 g/mol. The SMILES string of the molecule is COc1ccccc1NS(=O)(=O)c1ccc(N/N=C/c2ccc(C)o2)c([N+](=O)[O-])c1. The van der Waals surface area contributed by atoms with Crippen LogP contribution < -0.4 is 14.9 Å². The molecule has 30 heavy (non-hydrogen) atoms. The van der Waals surface area contributed by atoms with Crippen LogP contribution in [0.15, 0.2) is 69.0 Å². The number of aryl methyl sites for hydroxylation is 1. The van der Waals surface area contributed by atoms with Crippen molar-refractivity contribution in [1.29, 1.82) is 0 Å². The molecule has 3 rings (SSSR count). The zero-order valence-electron chi connectivity index (χ0n) is 16.0. The Morgan fingerprint density at radius 3 is 2.57 bits per heavy atom. The quantitative estimate of drug-likeness (QED) is 0.315. The lowest BCUT2D eigenvalue weighted by atomic mass is 10.3. The maximum Gasteiger partial charge on any atom is 0.295 e. The van der Waals surface area contributed by atoms with Gasteiger partial charge >= 0.3 is 0 Å². The highest BCUT2D eigenvalue weighted by atomic mass is 32.2. The molecule has 2 aromatic carbocycles. The molecule has 0 spiro atoms. The van der Waals surface area contributed by atoms with Crippen molar-refractivity contribution in [1.82, 2.24) is 0 Å². The maximum absolute atomic E-state index is 12.7. The van der Waals surface area contributed by atoms with Crippen LogP contribution >= 0.6 is 0 Å². The van der Waals surface area contributed by atoms with Crippen molar-refractivity contribution >= 4 is 33.3 Å². The van der Waals surface area contributed by atoms with Gasteiger partial charge in [-0.25, -0.2) is 8.42 Å². The molecule has 1 aromatic heterocycles. The first-order valence-electron chi connectivity index (χ1n) is 8.60. The number of hydrogen-bond acceptors (Lipinski definition) is 8. The Bertz CT molecular complexity index is 1200. The molecule has 0 atom stereocenters. The van der Waals surface area contributed by atoms with E-state index < -0.39 is 20.6 Å². The number of para-hydroxylation sites is 2. The lowest BCUT2D eigenvalue weighted by molar-refractivity contribution is -0.384. The standard InChI is InChI=1S/C19H18N4O6S/c1-13-7-8-14(29-13)12-20-21-16-10-9-15(11-18(16)23(24)25)30(26,27)22-17-5-3-4-6-19(17)28-2/h3-12,21-22H,1-2H3/b20-12+. The van der Waals surface area contributed by atoms with Gasteiger partial charge in [0.2, 0.25) is 0 Å². The molecule has 11 heteroatoms. The number of rotatable bonds is 8. The van der Waals surface area contributed by atoms with Crippen molar-refractivity contribution in [2.75, 3.05) is 17.3 Å². The number of benzene rings is 2. The van der Waals surface area contributed by atoms with E-state index in [2.05, 4.69) is 15.2 Å². The van der Waals surface area contributed by atoms with Crippen LogP contribution in [0.1, 0.15) is 11.5 Å². The van der Waals surface area contributed by atoms with Gasteiger partial charge < -0.3 is 9.15 Å². The molecule has 156 valence electrons. The third kappa shape index (κ3) is 4.75. The topological polar surface area (TPSA) is 136 Å². The minimum atomic E-state index is -4.10. The molecule has 0 saturated carbocycles. The van der Waals surface area contributed by atoms with Crippen LogP contribution in [0, 0.1) is 17.0 Å². The molecule has 2 N–H and O–H groups in total. The van der Waals surface area contributed by atoms with E-state index >= 15 is 0 Å². The van der Waals surface area contributed by atoms with Gasteiger partial charge in [-0.1, -0.05) is 12.1 Å². The van der Waals surface area contributed by atoms with Gasteiger partial charge in [0.05, 0.1) is 28.8 Å². The third-order valence-electron chi connectivity index (χ3n) is 3.97. The average Bonchev–Trinajstić information content (AvgIpc) is 3.13. The number of methoxy groups -OCH3 is 1. The van der Waals surface area contributed by atoms with Crippen molar-refractivity contribution in [3.05, 3.63) is 76.2 Å². The number of sulfonamides is 1. The number of hydrazone groups is 1. The van der Waals surface area contributed by atoms with E-state index in [-0.39, 0.29) is 16.3 Å². The van der Waals surface area contributed by atoms with E-state index in [4.69, 9.17) is 9.15 Å². The number of nitro groups is 1. The molecule has 0 aliphatic heterocycles. The van der Waals surface area contributed by atoms with Gasteiger partial charge in [-0.15, -0.1) is 0 Å². The Balaban J connectivity index is 1.86. The zero-order valence-corrected chi connectivity index (χ0v) is 16.8. The van der Waals surface area contributed by atoms with E-state index in [0.29, 0.717) is 17.3 Å². The number of nitrogens with one attached hydrogen (secondary N) is 2. The fraction of sp³-hybridized carbons (Fsp3) is 0.105. The van der Waals surface area contributed by atoms with Crippen LogP contribution in [-0.4, -0.2) is 26.7 Å². The summed E-state index contributed by atoms with van der Waals surface area (Å²) in [4.78, 5) is 10.5. The van der Waals surface area contributed by atoms with E-state index in [0.717, 1.165) is 6.07 Å². The Morgan fingerprint density at radius 2 is 1.90 bits per heavy atom. The highest BCUT2D eigenvalue weighted by Crippen LogP contribution is 2.30. The first kappa shape index (κ1) is 20.9. The van der Waals surface area contributed by atoms with E-state index in [1.54, 1.807) is 37.3 Å². The molecule has 1 heterocycles. The molecular formula is C19H18N4O6S. The summed E-state index contributed by atoms with van der Waals surface area (Å²) < 4.78 is 38.2. The summed E-state index contributed by atoms with van der Waals surface area (Å²) in [5, 5.41) is 15.4. The number of furan rings is 1. The minimum Gasteiger partial charge on any atom is -0.495 e. The number of hydrogen-bond donors (Lipinski definition) is 2. The lowest BCUT2D eigenvalue weighted by Gasteiger charge is -2.12. The summed E-state index contributed by atoms with van der Waals surface area (Å²) >= 11 is 0. The highest BCUT2D eigenvalue weighted by molar-refractivity contribution is 7.92. The van der Waals surface area contributed by atoms with Crippen LogP contribution in [0.4, 0.5) is 17.1 Å². The molecule has 0 saturated heterocycles. The van der Waals surface area contributed by atoms with E-state index in [1.807, 2.05) is 0 Å². The molecule has 10 nitrogen and oxygen atoms in total. The van der Waals surface area contributed by atoms with E-state index in [9.17, 15) is 18.5 Å². The van der Waals surface area contributed by atoms with Gasteiger partial charge in [0.15, 0.2) is 0 Å². The predicted molar refractivity (Wildman–Crippen MR) is 112 cm³/mol. The lowest BCUT2D eigenvalue weighted by Crippen LogP contribution is -2.14. The largest absolute Gasteiger partial charge is 0.495 e. The maximum atomic E-state index is 12.7. The average molecular weight is 430 g/mol. The molecule has 0 radical (unpaired) electrons. The van der Waals surface area contributed by atoms with Crippen molar-refractivity contribution in [2.24, 2.45) is 5.10 Å². The van der Waals surface area contributed by atoms with Crippen LogP contribution in [0.3, 0.4) is 0 Å². The number of ether oxygens (including phenoxy) is 1. The second kappa shape index (κ2) is 8.66. The summed E-state index contributed by atoms with van der Waals surface area (Å²) in [6.07, 6.45) is 1.35. The summed E-state index contributed by atoms with van der Waals surface area (Å²) in [6, 6.07) is 13.3. The highest BCUT2D eigenvalue weighted by Gasteiger charge is 2.22. The van der Waals surface area contributed by atoms with Crippen LogP contribution in [-0.2, 0) is 10.0 Å². The second-order valence-electron chi connectivity index (χ2n) is 6.06. The first-order chi connectivity index (χ1) is 14.3. The molecule has 0 aliphatic carbocycles. The molecule has 0 aliphatic rings.